The second-order valence-electron chi connectivity index (χ2n) is 4.68. The highest BCUT2D eigenvalue weighted by Crippen LogP contribution is 2.37. The normalized spacial score (nSPS) is 30.0. The summed E-state index contributed by atoms with van der Waals surface area (Å²) < 4.78 is 0. The lowest BCUT2D eigenvalue weighted by atomic mass is 9.91. The molecule has 86 valence electrons. The summed E-state index contributed by atoms with van der Waals surface area (Å²) in [6.45, 7) is 2.07. The molecule has 1 aromatic rings. The number of aromatic hydroxyl groups is 1. The Bertz CT molecular complexity index is 397. The Morgan fingerprint density at radius 2 is 2.12 bits per heavy atom. The second-order valence-corrected chi connectivity index (χ2v) is 4.68. The third-order valence-electron chi connectivity index (χ3n) is 3.56. The monoisotopic (exact) mass is 218 g/mol. The first kappa shape index (κ1) is 11.2. The molecule has 0 radical (unpaired) electrons. The number of hydrogen-bond donors (Lipinski definition) is 2. The van der Waals surface area contributed by atoms with E-state index in [1.165, 1.54) is 0 Å². The van der Waals surface area contributed by atoms with Crippen LogP contribution in [-0.4, -0.2) is 15.8 Å². The summed E-state index contributed by atoms with van der Waals surface area (Å²) in [5.41, 5.74) is 0.0671. The molecule has 1 fully saturated rings. The van der Waals surface area contributed by atoms with Crippen molar-refractivity contribution in [2.45, 2.75) is 31.8 Å². The predicted octanol–water partition coefficient (Wildman–Crippen LogP) is 2.96. The third-order valence-corrected chi connectivity index (χ3v) is 3.56. The maximum atomic E-state index is 10.3. The molecule has 2 atom stereocenters. The fourth-order valence-corrected chi connectivity index (χ4v) is 2.30. The molecule has 2 N–H and O–H groups in total. The molecule has 1 aromatic carbocycles. The van der Waals surface area contributed by atoms with Gasteiger partial charge in [-0.15, -0.1) is 0 Å². The molecular formula is C14H18O2. The molecule has 0 amide bonds. The molecule has 0 aromatic heterocycles. The Kier molecular flexibility index (Phi) is 3.01. The fourth-order valence-electron chi connectivity index (χ4n) is 2.30. The number of phenolic OH excluding ortho intramolecular Hbond substituents is 1. The molecule has 0 spiro atoms. The molecule has 1 saturated carbocycles. The van der Waals surface area contributed by atoms with Gasteiger partial charge in [0.05, 0.1) is 5.60 Å². The SMILES string of the molecule is CC1CCCC1(O)/C=C\c1ccccc1O. The first-order valence-electron chi connectivity index (χ1n) is 5.81. The number of phenols is 1. The summed E-state index contributed by atoms with van der Waals surface area (Å²) in [4.78, 5) is 0. The highest BCUT2D eigenvalue weighted by Gasteiger charge is 2.35. The molecule has 0 saturated heterocycles. The lowest BCUT2D eigenvalue weighted by molar-refractivity contribution is 0.0594. The van der Waals surface area contributed by atoms with Crippen LogP contribution < -0.4 is 0 Å². The standard InChI is InChI=1S/C14H18O2/c1-11-5-4-9-14(11,16)10-8-12-6-2-3-7-13(12)15/h2-3,6-8,10-11,15-16H,4-5,9H2,1H3/b10-8-. The molecular weight excluding hydrogens is 200 g/mol. The maximum Gasteiger partial charge on any atom is 0.122 e. The van der Waals surface area contributed by atoms with Gasteiger partial charge in [0.2, 0.25) is 0 Å². The highest BCUT2D eigenvalue weighted by molar-refractivity contribution is 5.57. The minimum atomic E-state index is -0.692. The summed E-state index contributed by atoms with van der Waals surface area (Å²) in [6.07, 6.45) is 6.61. The van der Waals surface area contributed by atoms with Crippen molar-refractivity contribution in [3.8, 4) is 5.75 Å². The zero-order valence-electron chi connectivity index (χ0n) is 9.56. The van der Waals surface area contributed by atoms with Gasteiger partial charge in [-0.3, -0.25) is 0 Å². The van der Waals surface area contributed by atoms with E-state index in [0.717, 1.165) is 24.8 Å². The van der Waals surface area contributed by atoms with Crippen molar-refractivity contribution in [3.05, 3.63) is 35.9 Å². The third kappa shape index (κ3) is 2.12. The fraction of sp³-hybridized carbons (Fsp3) is 0.429. The Balaban J connectivity index is 2.18. The van der Waals surface area contributed by atoms with Gasteiger partial charge in [-0.1, -0.05) is 37.3 Å². The first-order chi connectivity index (χ1) is 7.62. The van der Waals surface area contributed by atoms with Crippen molar-refractivity contribution in [3.63, 3.8) is 0 Å². The number of rotatable bonds is 2. The Morgan fingerprint density at radius 3 is 2.75 bits per heavy atom. The average molecular weight is 218 g/mol. The molecule has 1 aliphatic rings. The summed E-state index contributed by atoms with van der Waals surface area (Å²) in [7, 11) is 0. The lowest BCUT2D eigenvalue weighted by Crippen LogP contribution is -2.28. The zero-order valence-corrected chi connectivity index (χ0v) is 9.56. The van der Waals surface area contributed by atoms with Crippen LogP contribution in [0.1, 0.15) is 31.7 Å². The van der Waals surface area contributed by atoms with Crippen molar-refractivity contribution >= 4 is 6.08 Å². The van der Waals surface area contributed by atoms with E-state index in [2.05, 4.69) is 6.92 Å². The van der Waals surface area contributed by atoms with Crippen molar-refractivity contribution < 1.29 is 10.2 Å². The average Bonchev–Trinajstić information content (AvgIpc) is 2.59. The largest absolute Gasteiger partial charge is 0.507 e. The van der Waals surface area contributed by atoms with Crippen LogP contribution in [0.3, 0.4) is 0 Å². The molecule has 2 heteroatoms. The van der Waals surface area contributed by atoms with E-state index in [1.54, 1.807) is 12.1 Å². The molecule has 1 aliphatic carbocycles. The number of aliphatic hydroxyl groups is 1. The van der Waals surface area contributed by atoms with Crippen molar-refractivity contribution in [2.75, 3.05) is 0 Å². The molecule has 2 nitrogen and oxygen atoms in total. The van der Waals surface area contributed by atoms with E-state index in [4.69, 9.17) is 0 Å². The number of para-hydroxylation sites is 1. The van der Waals surface area contributed by atoms with E-state index >= 15 is 0 Å². The van der Waals surface area contributed by atoms with Gasteiger partial charge in [-0.05, 0) is 31.2 Å². The van der Waals surface area contributed by atoms with Crippen molar-refractivity contribution in [1.29, 1.82) is 0 Å². The summed E-state index contributed by atoms with van der Waals surface area (Å²) in [5.74, 6) is 0.558. The Labute approximate surface area is 96.2 Å². The number of benzene rings is 1. The molecule has 2 rings (SSSR count). The van der Waals surface area contributed by atoms with Gasteiger partial charge >= 0.3 is 0 Å². The van der Waals surface area contributed by atoms with Crippen LogP contribution >= 0.6 is 0 Å². The quantitative estimate of drug-likeness (QED) is 0.801. The Hall–Kier alpha value is -1.28. The van der Waals surface area contributed by atoms with Gasteiger partial charge in [0.25, 0.3) is 0 Å². The molecule has 0 bridgehead atoms. The van der Waals surface area contributed by atoms with Crippen LogP contribution in [0.25, 0.3) is 6.08 Å². The summed E-state index contributed by atoms with van der Waals surface area (Å²) in [5, 5.41) is 19.9. The van der Waals surface area contributed by atoms with E-state index in [-0.39, 0.29) is 5.75 Å². The summed E-state index contributed by atoms with van der Waals surface area (Å²) in [6, 6.07) is 7.16. The topological polar surface area (TPSA) is 40.5 Å². The smallest absolute Gasteiger partial charge is 0.122 e. The van der Waals surface area contributed by atoms with Gasteiger partial charge in [0.1, 0.15) is 5.75 Å². The van der Waals surface area contributed by atoms with Crippen molar-refractivity contribution in [1.82, 2.24) is 0 Å². The van der Waals surface area contributed by atoms with Gasteiger partial charge in [-0.2, -0.15) is 0 Å². The predicted molar refractivity (Wildman–Crippen MR) is 65.1 cm³/mol. The van der Waals surface area contributed by atoms with Crippen LogP contribution in [0, 0.1) is 5.92 Å². The van der Waals surface area contributed by atoms with Crippen LogP contribution in [0.15, 0.2) is 30.3 Å². The minimum Gasteiger partial charge on any atom is -0.507 e. The minimum absolute atomic E-state index is 0.257. The Morgan fingerprint density at radius 1 is 1.38 bits per heavy atom. The van der Waals surface area contributed by atoms with E-state index in [9.17, 15) is 10.2 Å². The van der Waals surface area contributed by atoms with E-state index in [1.807, 2.05) is 24.3 Å². The van der Waals surface area contributed by atoms with Crippen LogP contribution in [-0.2, 0) is 0 Å². The van der Waals surface area contributed by atoms with Gasteiger partial charge in [0.15, 0.2) is 0 Å². The number of hydrogen-bond acceptors (Lipinski definition) is 2. The molecule has 2 unspecified atom stereocenters. The lowest BCUT2D eigenvalue weighted by Gasteiger charge is -2.23. The van der Waals surface area contributed by atoms with Crippen molar-refractivity contribution in [2.24, 2.45) is 5.92 Å². The van der Waals surface area contributed by atoms with Crippen LogP contribution in [0.4, 0.5) is 0 Å². The summed E-state index contributed by atoms with van der Waals surface area (Å²) >= 11 is 0. The van der Waals surface area contributed by atoms with Gasteiger partial charge in [0, 0.05) is 5.56 Å². The van der Waals surface area contributed by atoms with Crippen LogP contribution in [0.5, 0.6) is 5.75 Å². The molecule has 0 aliphatic heterocycles. The van der Waals surface area contributed by atoms with Crippen LogP contribution in [0.2, 0.25) is 0 Å². The molecule has 16 heavy (non-hydrogen) atoms. The zero-order chi connectivity index (χ0) is 11.6. The van der Waals surface area contributed by atoms with E-state index < -0.39 is 5.60 Å². The van der Waals surface area contributed by atoms with Gasteiger partial charge in [-0.25, -0.2) is 0 Å². The van der Waals surface area contributed by atoms with Gasteiger partial charge < -0.3 is 10.2 Å². The highest BCUT2D eigenvalue weighted by atomic mass is 16.3. The van der Waals surface area contributed by atoms with E-state index in [0.29, 0.717) is 5.92 Å². The maximum absolute atomic E-state index is 10.3. The molecule has 0 heterocycles. The second kappa shape index (κ2) is 4.30. The first-order valence-corrected chi connectivity index (χ1v) is 5.81.